The smallest absolute Gasteiger partial charge is 0.126 e. The number of halogens is 1. The molecule has 0 radical (unpaired) electrons. The molecule has 2 nitrogen and oxygen atoms in total. The summed E-state index contributed by atoms with van der Waals surface area (Å²) in [7, 11) is 0. The predicted molar refractivity (Wildman–Crippen MR) is 73.5 cm³/mol. The molecule has 0 bridgehead atoms. The maximum Gasteiger partial charge on any atom is 0.126 e. The number of hydrogen-bond acceptors (Lipinski definition) is 3. The molecular formula is C14H17FN2S. The van der Waals surface area contributed by atoms with Crippen molar-refractivity contribution in [1.29, 1.82) is 0 Å². The van der Waals surface area contributed by atoms with Crippen LogP contribution in [0, 0.1) is 19.7 Å². The number of hydrogen-bond donors (Lipinski definition) is 1. The van der Waals surface area contributed by atoms with Crippen LogP contribution >= 0.6 is 11.3 Å². The summed E-state index contributed by atoms with van der Waals surface area (Å²) < 4.78 is 13.3. The van der Waals surface area contributed by atoms with Gasteiger partial charge in [-0.2, -0.15) is 0 Å². The van der Waals surface area contributed by atoms with Gasteiger partial charge in [-0.05, 0) is 37.6 Å². The number of aromatic nitrogens is 1. The molecule has 2 rings (SSSR count). The summed E-state index contributed by atoms with van der Waals surface area (Å²) >= 11 is 1.64. The van der Waals surface area contributed by atoms with Crippen LogP contribution in [0.1, 0.15) is 34.8 Å². The Morgan fingerprint density at radius 1 is 1.39 bits per heavy atom. The Hall–Kier alpha value is -1.26. The van der Waals surface area contributed by atoms with Gasteiger partial charge in [0.1, 0.15) is 10.8 Å². The third kappa shape index (κ3) is 2.76. The van der Waals surface area contributed by atoms with Gasteiger partial charge in [0.2, 0.25) is 0 Å². The van der Waals surface area contributed by atoms with Crippen LogP contribution in [-0.4, -0.2) is 11.5 Å². The molecule has 1 atom stereocenters. The van der Waals surface area contributed by atoms with Crippen molar-refractivity contribution in [3.05, 3.63) is 51.2 Å². The van der Waals surface area contributed by atoms with Crippen molar-refractivity contribution in [3.63, 3.8) is 0 Å². The third-order valence-corrected chi connectivity index (χ3v) is 3.83. The molecule has 0 amide bonds. The quantitative estimate of drug-likeness (QED) is 0.912. The van der Waals surface area contributed by atoms with Gasteiger partial charge in [-0.3, -0.25) is 0 Å². The Morgan fingerprint density at radius 2 is 2.17 bits per heavy atom. The molecule has 0 aliphatic rings. The van der Waals surface area contributed by atoms with Gasteiger partial charge in [0.15, 0.2) is 0 Å². The largest absolute Gasteiger partial charge is 0.305 e. The second-order valence-electron chi connectivity index (χ2n) is 4.33. The summed E-state index contributed by atoms with van der Waals surface area (Å²) in [4.78, 5) is 4.52. The van der Waals surface area contributed by atoms with Crippen LogP contribution in [-0.2, 0) is 0 Å². The first-order chi connectivity index (χ1) is 8.61. The van der Waals surface area contributed by atoms with Crippen LogP contribution in [0.5, 0.6) is 0 Å². The predicted octanol–water partition coefficient (Wildman–Crippen LogP) is 3.60. The average molecular weight is 264 g/mol. The lowest BCUT2D eigenvalue weighted by Gasteiger charge is -2.16. The molecule has 0 spiro atoms. The van der Waals surface area contributed by atoms with E-state index in [0.717, 1.165) is 22.8 Å². The van der Waals surface area contributed by atoms with Crippen molar-refractivity contribution < 1.29 is 4.39 Å². The summed E-state index contributed by atoms with van der Waals surface area (Å²) in [5, 5.41) is 6.47. The number of nitrogens with zero attached hydrogens (tertiary/aromatic N) is 1. The molecule has 0 aliphatic carbocycles. The van der Waals surface area contributed by atoms with Gasteiger partial charge in [-0.1, -0.05) is 19.1 Å². The zero-order chi connectivity index (χ0) is 13.1. The van der Waals surface area contributed by atoms with Crippen LogP contribution in [0.15, 0.2) is 23.6 Å². The molecule has 1 heterocycles. The topological polar surface area (TPSA) is 24.9 Å². The Kier molecular flexibility index (Phi) is 4.09. The number of nitrogens with one attached hydrogen (secondary N) is 1. The van der Waals surface area contributed by atoms with Crippen molar-refractivity contribution in [2.24, 2.45) is 0 Å². The van der Waals surface area contributed by atoms with E-state index < -0.39 is 0 Å². The second-order valence-corrected chi connectivity index (χ2v) is 5.22. The highest BCUT2D eigenvalue weighted by atomic mass is 32.1. The lowest BCUT2D eigenvalue weighted by molar-refractivity contribution is 0.605. The maximum absolute atomic E-state index is 13.3. The van der Waals surface area contributed by atoms with E-state index in [1.165, 1.54) is 6.07 Å². The molecule has 1 N–H and O–H groups in total. The fraction of sp³-hybridized carbons (Fsp3) is 0.357. The van der Waals surface area contributed by atoms with E-state index in [4.69, 9.17) is 0 Å². The van der Waals surface area contributed by atoms with Crippen molar-refractivity contribution in [2.75, 3.05) is 6.54 Å². The Balaban J connectivity index is 2.37. The molecular weight excluding hydrogens is 247 g/mol. The number of benzene rings is 1. The number of rotatable bonds is 4. The highest BCUT2D eigenvalue weighted by molar-refractivity contribution is 7.09. The Labute approximate surface area is 111 Å². The molecule has 0 aliphatic heterocycles. The van der Waals surface area contributed by atoms with Crippen LogP contribution in [0.25, 0.3) is 0 Å². The van der Waals surface area contributed by atoms with E-state index >= 15 is 0 Å². The molecule has 1 aromatic carbocycles. The molecule has 96 valence electrons. The van der Waals surface area contributed by atoms with E-state index in [-0.39, 0.29) is 11.9 Å². The first kappa shape index (κ1) is 13.2. The SMILES string of the molecule is CCNC(c1ccc(F)c(C)c1)c1nc(C)cs1. The lowest BCUT2D eigenvalue weighted by Crippen LogP contribution is -2.22. The van der Waals surface area contributed by atoms with E-state index in [1.807, 2.05) is 24.4 Å². The number of thiazole rings is 1. The molecule has 18 heavy (non-hydrogen) atoms. The molecule has 2 aromatic rings. The van der Waals surface area contributed by atoms with Crippen LogP contribution in [0.3, 0.4) is 0 Å². The monoisotopic (exact) mass is 264 g/mol. The van der Waals surface area contributed by atoms with Gasteiger partial charge in [0.05, 0.1) is 6.04 Å². The highest BCUT2D eigenvalue weighted by Crippen LogP contribution is 2.26. The first-order valence-electron chi connectivity index (χ1n) is 6.03. The fourth-order valence-electron chi connectivity index (χ4n) is 1.90. The van der Waals surface area contributed by atoms with E-state index in [1.54, 1.807) is 18.3 Å². The van der Waals surface area contributed by atoms with Crippen molar-refractivity contribution in [3.8, 4) is 0 Å². The number of aryl methyl sites for hydroxylation is 2. The van der Waals surface area contributed by atoms with Gasteiger partial charge < -0.3 is 5.32 Å². The van der Waals surface area contributed by atoms with Crippen LogP contribution in [0.4, 0.5) is 4.39 Å². The van der Waals surface area contributed by atoms with Crippen molar-refractivity contribution in [1.82, 2.24) is 10.3 Å². The lowest BCUT2D eigenvalue weighted by atomic mass is 10.0. The maximum atomic E-state index is 13.3. The zero-order valence-electron chi connectivity index (χ0n) is 10.8. The molecule has 1 aromatic heterocycles. The molecule has 1 unspecified atom stereocenters. The van der Waals surface area contributed by atoms with E-state index in [9.17, 15) is 4.39 Å². The third-order valence-electron chi connectivity index (χ3n) is 2.81. The van der Waals surface area contributed by atoms with E-state index in [2.05, 4.69) is 17.2 Å². The van der Waals surface area contributed by atoms with Gasteiger partial charge >= 0.3 is 0 Å². The van der Waals surface area contributed by atoms with Gasteiger partial charge in [0.25, 0.3) is 0 Å². The normalized spacial score (nSPS) is 12.7. The summed E-state index contributed by atoms with van der Waals surface area (Å²) in [5.41, 5.74) is 2.76. The minimum atomic E-state index is -0.163. The molecule has 0 fully saturated rings. The van der Waals surface area contributed by atoms with Crippen molar-refractivity contribution in [2.45, 2.75) is 26.8 Å². The summed E-state index contributed by atoms with van der Waals surface area (Å²) in [5.74, 6) is -0.163. The van der Waals surface area contributed by atoms with Gasteiger partial charge in [-0.15, -0.1) is 11.3 Å². The van der Waals surface area contributed by atoms with Gasteiger partial charge in [0, 0.05) is 11.1 Å². The Morgan fingerprint density at radius 3 is 2.72 bits per heavy atom. The first-order valence-corrected chi connectivity index (χ1v) is 6.91. The minimum Gasteiger partial charge on any atom is -0.305 e. The van der Waals surface area contributed by atoms with Crippen LogP contribution in [0.2, 0.25) is 0 Å². The molecule has 4 heteroatoms. The molecule has 0 saturated carbocycles. The average Bonchev–Trinajstić information content (AvgIpc) is 2.76. The summed E-state index contributed by atoms with van der Waals surface area (Å²) in [6, 6.07) is 5.29. The van der Waals surface area contributed by atoms with E-state index in [0.29, 0.717) is 5.56 Å². The fourth-order valence-corrected chi connectivity index (χ4v) is 2.80. The minimum absolute atomic E-state index is 0.0491. The summed E-state index contributed by atoms with van der Waals surface area (Å²) in [6.45, 7) is 6.68. The standard InChI is InChI=1S/C14H17FN2S/c1-4-16-13(14-17-10(3)8-18-14)11-5-6-12(15)9(2)7-11/h5-8,13,16H,4H2,1-3H3. The van der Waals surface area contributed by atoms with Gasteiger partial charge in [-0.25, -0.2) is 9.37 Å². The van der Waals surface area contributed by atoms with Crippen LogP contribution < -0.4 is 5.32 Å². The Bertz CT molecular complexity index is 536. The summed E-state index contributed by atoms with van der Waals surface area (Å²) in [6.07, 6.45) is 0. The highest BCUT2D eigenvalue weighted by Gasteiger charge is 2.17. The zero-order valence-corrected chi connectivity index (χ0v) is 11.6. The molecule has 0 saturated heterocycles. The second kappa shape index (κ2) is 5.59. The van der Waals surface area contributed by atoms with Crippen molar-refractivity contribution >= 4 is 11.3 Å².